The summed E-state index contributed by atoms with van der Waals surface area (Å²) in [6.07, 6.45) is 3.50. The molecule has 0 radical (unpaired) electrons. The molecule has 2 heteroatoms. The number of hydrogen-bond donors (Lipinski definition) is 0. The van der Waals surface area contributed by atoms with Gasteiger partial charge >= 0.3 is 0 Å². The van der Waals surface area contributed by atoms with E-state index in [2.05, 4.69) is 49.8 Å². The monoisotopic (exact) mass is 214 g/mol. The van der Waals surface area contributed by atoms with E-state index in [-0.39, 0.29) is 0 Å². The average Bonchev–Trinajstić information content (AvgIpc) is 2.27. The molecule has 0 aliphatic rings. The Labute approximate surface area is 96.7 Å². The fourth-order valence-electron chi connectivity index (χ4n) is 2.06. The molecule has 1 aromatic carbocycles. The highest BCUT2D eigenvalue weighted by Gasteiger charge is 2.11. The molecule has 0 N–H and O–H groups in total. The Kier molecular flexibility index (Phi) is 2.90. The summed E-state index contributed by atoms with van der Waals surface area (Å²) in [5.41, 5.74) is 3.86. The highest BCUT2D eigenvalue weighted by Crippen LogP contribution is 2.29. The van der Waals surface area contributed by atoms with Gasteiger partial charge in [-0.3, -0.25) is 0 Å². The van der Waals surface area contributed by atoms with E-state index in [0.717, 1.165) is 10.9 Å². The minimum Gasteiger partial charge on any atom is -0.244 e. The van der Waals surface area contributed by atoms with E-state index in [4.69, 9.17) is 0 Å². The van der Waals surface area contributed by atoms with Crippen molar-refractivity contribution in [3.05, 3.63) is 35.8 Å². The van der Waals surface area contributed by atoms with Gasteiger partial charge in [-0.1, -0.05) is 27.7 Å². The van der Waals surface area contributed by atoms with Crippen LogP contribution < -0.4 is 0 Å². The summed E-state index contributed by atoms with van der Waals surface area (Å²) in [6, 6.07) is 4.44. The molecular weight excluding hydrogens is 196 g/mol. The van der Waals surface area contributed by atoms with E-state index in [9.17, 15) is 0 Å². The molecule has 1 aromatic heterocycles. The molecule has 2 rings (SSSR count). The third-order valence-electron chi connectivity index (χ3n) is 2.95. The van der Waals surface area contributed by atoms with Crippen LogP contribution in [0, 0.1) is 0 Å². The van der Waals surface area contributed by atoms with Gasteiger partial charge in [0.25, 0.3) is 0 Å². The first kappa shape index (κ1) is 11.1. The maximum Gasteiger partial charge on any atom is 0.116 e. The molecule has 0 atom stereocenters. The van der Waals surface area contributed by atoms with Crippen LogP contribution in [-0.4, -0.2) is 9.97 Å². The van der Waals surface area contributed by atoms with Crippen molar-refractivity contribution in [3.8, 4) is 0 Å². The van der Waals surface area contributed by atoms with Crippen molar-refractivity contribution in [3.63, 3.8) is 0 Å². The number of aromatic nitrogens is 2. The maximum absolute atomic E-state index is 4.31. The summed E-state index contributed by atoms with van der Waals surface area (Å²) in [5, 5.41) is 1.13. The Morgan fingerprint density at radius 2 is 1.56 bits per heavy atom. The van der Waals surface area contributed by atoms with Gasteiger partial charge in [-0.2, -0.15) is 0 Å². The number of fused-ring (bicyclic) bond motifs is 1. The van der Waals surface area contributed by atoms with Crippen LogP contribution in [0.15, 0.2) is 24.7 Å². The van der Waals surface area contributed by atoms with Crippen molar-refractivity contribution in [2.24, 2.45) is 0 Å². The summed E-state index contributed by atoms with van der Waals surface area (Å²) < 4.78 is 0. The summed E-state index contributed by atoms with van der Waals surface area (Å²) >= 11 is 0. The average molecular weight is 214 g/mol. The second kappa shape index (κ2) is 4.20. The van der Waals surface area contributed by atoms with Crippen LogP contribution in [-0.2, 0) is 0 Å². The van der Waals surface area contributed by atoms with Crippen LogP contribution in [0.25, 0.3) is 10.9 Å². The normalized spacial score (nSPS) is 11.6. The molecule has 2 aromatic rings. The largest absolute Gasteiger partial charge is 0.244 e. The molecule has 0 amide bonds. The summed E-state index contributed by atoms with van der Waals surface area (Å²) in [7, 11) is 0. The molecule has 1 heterocycles. The first-order valence-electron chi connectivity index (χ1n) is 5.83. The molecule has 16 heavy (non-hydrogen) atoms. The van der Waals surface area contributed by atoms with Crippen molar-refractivity contribution in [1.29, 1.82) is 0 Å². The zero-order valence-electron chi connectivity index (χ0n) is 10.4. The Bertz CT molecular complexity index is 455. The molecule has 0 fully saturated rings. The molecule has 0 spiro atoms. The number of hydrogen-bond acceptors (Lipinski definition) is 2. The number of rotatable bonds is 2. The molecule has 0 saturated carbocycles. The lowest BCUT2D eigenvalue weighted by Gasteiger charge is -2.16. The molecular formula is C14H18N2. The van der Waals surface area contributed by atoms with Crippen molar-refractivity contribution in [2.45, 2.75) is 39.5 Å². The third kappa shape index (κ3) is 1.92. The number of benzene rings is 1. The van der Waals surface area contributed by atoms with E-state index in [1.165, 1.54) is 11.1 Å². The van der Waals surface area contributed by atoms with Crippen LogP contribution >= 0.6 is 0 Å². The smallest absolute Gasteiger partial charge is 0.116 e. The first-order chi connectivity index (χ1) is 7.59. The molecule has 84 valence electrons. The van der Waals surface area contributed by atoms with Gasteiger partial charge in [-0.05, 0) is 35.1 Å². The quantitative estimate of drug-likeness (QED) is 0.758. The van der Waals surface area contributed by atoms with Gasteiger partial charge in [0.2, 0.25) is 0 Å². The lowest BCUT2D eigenvalue weighted by atomic mass is 9.89. The SMILES string of the molecule is CC(C)c1cc2cncnc2cc1C(C)C. The highest BCUT2D eigenvalue weighted by molar-refractivity contribution is 5.79. The van der Waals surface area contributed by atoms with Gasteiger partial charge in [0.15, 0.2) is 0 Å². The lowest BCUT2D eigenvalue weighted by Crippen LogP contribution is -1.99. The van der Waals surface area contributed by atoms with Crippen LogP contribution in [0.2, 0.25) is 0 Å². The predicted octanol–water partition coefficient (Wildman–Crippen LogP) is 3.88. The first-order valence-corrected chi connectivity index (χ1v) is 5.83. The van der Waals surface area contributed by atoms with Crippen LogP contribution in [0.5, 0.6) is 0 Å². The van der Waals surface area contributed by atoms with Gasteiger partial charge in [0, 0.05) is 11.6 Å². The fraction of sp³-hybridized carbons (Fsp3) is 0.429. The van der Waals surface area contributed by atoms with Gasteiger partial charge in [-0.15, -0.1) is 0 Å². The van der Waals surface area contributed by atoms with E-state index in [1.54, 1.807) is 6.33 Å². The predicted molar refractivity (Wildman–Crippen MR) is 67.7 cm³/mol. The third-order valence-corrected chi connectivity index (χ3v) is 2.95. The van der Waals surface area contributed by atoms with Gasteiger partial charge in [0.1, 0.15) is 6.33 Å². The second-order valence-electron chi connectivity index (χ2n) is 4.87. The molecule has 0 bridgehead atoms. The van der Waals surface area contributed by atoms with Crippen LogP contribution in [0.3, 0.4) is 0 Å². The summed E-state index contributed by atoms with van der Waals surface area (Å²) in [4.78, 5) is 8.39. The molecule has 0 aliphatic carbocycles. The van der Waals surface area contributed by atoms with Crippen molar-refractivity contribution in [2.75, 3.05) is 0 Å². The van der Waals surface area contributed by atoms with Crippen molar-refractivity contribution >= 4 is 10.9 Å². The van der Waals surface area contributed by atoms with E-state index in [0.29, 0.717) is 11.8 Å². The Morgan fingerprint density at radius 3 is 2.19 bits per heavy atom. The van der Waals surface area contributed by atoms with Gasteiger partial charge in [-0.25, -0.2) is 9.97 Å². The van der Waals surface area contributed by atoms with Crippen molar-refractivity contribution < 1.29 is 0 Å². The summed E-state index contributed by atoms with van der Waals surface area (Å²) in [6.45, 7) is 8.93. The minimum atomic E-state index is 0.539. The Balaban J connectivity index is 2.71. The standard InChI is InChI=1S/C14H18N2/c1-9(2)12-5-11-7-15-8-16-14(11)6-13(12)10(3)4/h5-10H,1-4H3. The van der Waals surface area contributed by atoms with Crippen LogP contribution in [0.1, 0.15) is 50.7 Å². The van der Waals surface area contributed by atoms with E-state index >= 15 is 0 Å². The van der Waals surface area contributed by atoms with Gasteiger partial charge < -0.3 is 0 Å². The summed E-state index contributed by atoms with van der Waals surface area (Å²) in [5.74, 6) is 1.08. The lowest BCUT2D eigenvalue weighted by molar-refractivity contribution is 0.792. The van der Waals surface area contributed by atoms with Crippen LogP contribution in [0.4, 0.5) is 0 Å². The number of nitrogens with zero attached hydrogens (tertiary/aromatic N) is 2. The maximum atomic E-state index is 4.31. The van der Waals surface area contributed by atoms with E-state index in [1.807, 2.05) is 6.20 Å². The second-order valence-corrected chi connectivity index (χ2v) is 4.87. The minimum absolute atomic E-state index is 0.539. The fourth-order valence-corrected chi connectivity index (χ4v) is 2.06. The molecule has 0 saturated heterocycles. The zero-order valence-corrected chi connectivity index (χ0v) is 10.4. The van der Waals surface area contributed by atoms with Crippen molar-refractivity contribution in [1.82, 2.24) is 9.97 Å². The topological polar surface area (TPSA) is 25.8 Å². The highest BCUT2D eigenvalue weighted by atomic mass is 14.8. The zero-order chi connectivity index (χ0) is 11.7. The Morgan fingerprint density at radius 1 is 0.938 bits per heavy atom. The molecule has 0 unspecified atom stereocenters. The van der Waals surface area contributed by atoms with Gasteiger partial charge in [0.05, 0.1) is 5.52 Å². The van der Waals surface area contributed by atoms with E-state index < -0.39 is 0 Å². The molecule has 0 aliphatic heterocycles. The Hall–Kier alpha value is -1.44. The molecule has 2 nitrogen and oxygen atoms in total.